The van der Waals surface area contributed by atoms with Gasteiger partial charge in [0, 0.05) is 0 Å². The molecule has 0 saturated carbocycles. The average Bonchev–Trinajstić information content (AvgIpc) is 2.36. The molecule has 10 heteroatoms. The number of carbonyl (C=O) groups excluding carboxylic acids is 1. The third-order valence-corrected chi connectivity index (χ3v) is 2.51. The van der Waals surface area contributed by atoms with Gasteiger partial charge in [0.15, 0.2) is 6.04 Å². The van der Waals surface area contributed by atoms with Crippen molar-refractivity contribution in [2.75, 3.05) is 0 Å². The summed E-state index contributed by atoms with van der Waals surface area (Å²) in [6, 6.07) is -1.25. The van der Waals surface area contributed by atoms with Gasteiger partial charge in [0.2, 0.25) is 5.82 Å². The minimum atomic E-state index is -1.74. The Hall–Kier alpha value is -2.62. The molecule has 0 aliphatic carbocycles. The fourth-order valence-electron chi connectivity index (χ4n) is 1.46. The molecule has 0 fully saturated rings. The first-order valence-corrected chi connectivity index (χ1v) is 5.50. The molecule has 0 aromatic heterocycles. The number of nitro benzene ring substituents is 1. The molecule has 0 unspecified atom stereocenters. The average molecular weight is 304 g/mol. The molecule has 0 aliphatic heterocycles. The molecule has 0 radical (unpaired) electrons. The minimum Gasteiger partial charge on any atom is -0.480 e. The summed E-state index contributed by atoms with van der Waals surface area (Å²) in [7, 11) is 0. The van der Waals surface area contributed by atoms with Crippen LogP contribution in [0.5, 0.6) is 0 Å². The maximum Gasteiger partial charge on any atom is 0.328 e. The largest absolute Gasteiger partial charge is 0.480 e. The smallest absolute Gasteiger partial charge is 0.328 e. The Balaban J connectivity index is 3.11. The number of hydrogen-bond acceptors (Lipinski definition) is 5. The highest BCUT2D eigenvalue weighted by atomic mass is 19.1. The summed E-state index contributed by atoms with van der Waals surface area (Å²) in [4.78, 5) is 31.7. The van der Waals surface area contributed by atoms with Crippen LogP contribution in [0.4, 0.5) is 14.5 Å². The molecule has 0 bridgehead atoms. The predicted molar refractivity (Wildman–Crippen MR) is 63.6 cm³/mol. The van der Waals surface area contributed by atoms with Crippen molar-refractivity contribution in [1.29, 1.82) is 0 Å². The second-order valence-electron chi connectivity index (χ2n) is 4.07. The van der Waals surface area contributed by atoms with E-state index >= 15 is 0 Å². The first-order chi connectivity index (χ1) is 9.65. The van der Waals surface area contributed by atoms with Crippen LogP contribution in [0.1, 0.15) is 17.3 Å². The molecule has 8 nitrogen and oxygen atoms in total. The number of nitrogens with one attached hydrogen (secondary N) is 1. The van der Waals surface area contributed by atoms with Crippen LogP contribution in [0.2, 0.25) is 0 Å². The number of halogens is 2. The summed E-state index contributed by atoms with van der Waals surface area (Å²) in [5.74, 6) is -5.75. The number of aliphatic hydroxyl groups excluding tert-OH is 1. The van der Waals surface area contributed by atoms with Crippen molar-refractivity contribution < 1.29 is 33.5 Å². The lowest BCUT2D eigenvalue weighted by Crippen LogP contribution is -2.47. The fraction of sp³-hybridized carbons (Fsp3) is 0.273. The second kappa shape index (κ2) is 6.22. The van der Waals surface area contributed by atoms with Crippen LogP contribution in [-0.4, -0.2) is 39.2 Å². The monoisotopic (exact) mass is 304 g/mol. The Labute approximate surface area is 116 Å². The zero-order valence-corrected chi connectivity index (χ0v) is 10.5. The third-order valence-electron chi connectivity index (χ3n) is 2.51. The molecule has 0 heterocycles. The number of nitrogens with zero attached hydrogens (tertiary/aromatic N) is 1. The van der Waals surface area contributed by atoms with Gasteiger partial charge >= 0.3 is 11.7 Å². The molecule has 1 rings (SSSR count). The molecule has 0 spiro atoms. The normalized spacial score (nSPS) is 13.3. The van der Waals surface area contributed by atoms with E-state index < -0.39 is 51.8 Å². The topological polar surface area (TPSA) is 130 Å². The quantitative estimate of drug-likeness (QED) is 0.534. The summed E-state index contributed by atoms with van der Waals surface area (Å²) in [6.45, 7) is 1.08. The lowest BCUT2D eigenvalue weighted by molar-refractivity contribution is -0.387. The Morgan fingerprint density at radius 1 is 1.33 bits per heavy atom. The van der Waals surface area contributed by atoms with E-state index in [0.29, 0.717) is 0 Å². The lowest BCUT2D eigenvalue weighted by Gasteiger charge is -2.17. The first-order valence-electron chi connectivity index (χ1n) is 5.50. The summed E-state index contributed by atoms with van der Waals surface area (Å²) < 4.78 is 26.9. The molecule has 3 N–H and O–H groups in total. The molecule has 21 heavy (non-hydrogen) atoms. The van der Waals surface area contributed by atoms with E-state index in [9.17, 15) is 28.5 Å². The maximum atomic E-state index is 13.6. The number of benzene rings is 1. The number of aliphatic carboxylic acids is 1. The van der Waals surface area contributed by atoms with E-state index in [1.165, 1.54) is 0 Å². The van der Waals surface area contributed by atoms with Gasteiger partial charge in [-0.1, -0.05) is 0 Å². The molecule has 0 aliphatic rings. The van der Waals surface area contributed by atoms with E-state index in [2.05, 4.69) is 0 Å². The van der Waals surface area contributed by atoms with Gasteiger partial charge in [-0.05, 0) is 13.0 Å². The minimum absolute atomic E-state index is 0.211. The zero-order valence-electron chi connectivity index (χ0n) is 10.5. The van der Waals surface area contributed by atoms with Gasteiger partial charge in [0.1, 0.15) is 5.82 Å². The second-order valence-corrected chi connectivity index (χ2v) is 4.07. The number of carbonyl (C=O) groups is 2. The molecule has 1 aromatic rings. The van der Waals surface area contributed by atoms with E-state index in [-0.39, 0.29) is 12.1 Å². The molecule has 1 aromatic carbocycles. The van der Waals surface area contributed by atoms with Crippen LogP contribution >= 0.6 is 0 Å². The third kappa shape index (κ3) is 3.69. The van der Waals surface area contributed by atoms with Gasteiger partial charge in [0.05, 0.1) is 22.7 Å². The van der Waals surface area contributed by atoms with Crippen molar-refractivity contribution >= 4 is 17.6 Å². The number of hydrogen-bond donors (Lipinski definition) is 3. The zero-order chi connectivity index (χ0) is 16.3. The summed E-state index contributed by atoms with van der Waals surface area (Å²) in [5, 5.41) is 30.1. The molecular weight excluding hydrogens is 294 g/mol. The van der Waals surface area contributed by atoms with Crippen LogP contribution < -0.4 is 5.32 Å². The van der Waals surface area contributed by atoms with E-state index in [1.807, 2.05) is 0 Å². The van der Waals surface area contributed by atoms with Gasteiger partial charge in [-0.25, -0.2) is 9.18 Å². The van der Waals surface area contributed by atoms with Crippen LogP contribution in [0, 0.1) is 21.7 Å². The first kappa shape index (κ1) is 16.4. The predicted octanol–water partition coefficient (Wildman–Crippen LogP) is 0.437. The Kier molecular flexibility index (Phi) is 4.87. The van der Waals surface area contributed by atoms with E-state index in [1.54, 1.807) is 5.32 Å². The van der Waals surface area contributed by atoms with Gasteiger partial charge < -0.3 is 15.5 Å². The van der Waals surface area contributed by atoms with Gasteiger partial charge in [-0.2, -0.15) is 4.39 Å². The van der Waals surface area contributed by atoms with Crippen molar-refractivity contribution in [2.45, 2.75) is 19.1 Å². The van der Waals surface area contributed by atoms with Crippen molar-refractivity contribution in [3.8, 4) is 0 Å². The van der Waals surface area contributed by atoms with Crippen LogP contribution in [-0.2, 0) is 4.79 Å². The number of carboxylic acid groups (broad SMARTS) is 1. The highest BCUT2D eigenvalue weighted by Crippen LogP contribution is 2.21. The van der Waals surface area contributed by atoms with E-state index in [0.717, 1.165) is 6.92 Å². The molecule has 114 valence electrons. The lowest BCUT2D eigenvalue weighted by atomic mass is 10.1. The number of aliphatic hydroxyl groups is 1. The summed E-state index contributed by atoms with van der Waals surface area (Å²) in [5.41, 5.74) is -2.07. The van der Waals surface area contributed by atoms with Crippen molar-refractivity contribution in [1.82, 2.24) is 5.32 Å². The van der Waals surface area contributed by atoms with Crippen molar-refractivity contribution in [2.24, 2.45) is 0 Å². The van der Waals surface area contributed by atoms with Gasteiger partial charge in [-0.15, -0.1) is 0 Å². The Morgan fingerprint density at radius 3 is 2.33 bits per heavy atom. The highest BCUT2D eigenvalue weighted by Gasteiger charge is 2.28. The standard InChI is InChI=1S/C11H10F2N2O6/c1-4(16)9(11(18)19)14-10(17)5-2-7(13)8(15(20)21)3-6(5)12/h2-4,9,16H,1H3,(H,14,17)(H,18,19)/t4-,9+/m1/s1. The Bertz CT molecular complexity index is 605. The number of rotatable bonds is 5. The number of amides is 1. The maximum absolute atomic E-state index is 13.6. The van der Waals surface area contributed by atoms with Crippen LogP contribution in [0.3, 0.4) is 0 Å². The van der Waals surface area contributed by atoms with Gasteiger partial charge in [0.25, 0.3) is 5.91 Å². The molecule has 2 atom stereocenters. The fourth-order valence-corrected chi connectivity index (χ4v) is 1.46. The summed E-state index contributed by atoms with van der Waals surface area (Å²) in [6.07, 6.45) is -1.49. The number of nitro groups is 1. The van der Waals surface area contributed by atoms with Crippen molar-refractivity contribution in [3.63, 3.8) is 0 Å². The highest BCUT2D eigenvalue weighted by molar-refractivity contribution is 5.97. The van der Waals surface area contributed by atoms with Crippen LogP contribution in [0.15, 0.2) is 12.1 Å². The summed E-state index contributed by atoms with van der Waals surface area (Å²) >= 11 is 0. The van der Waals surface area contributed by atoms with E-state index in [4.69, 9.17) is 10.2 Å². The molecule has 0 saturated heterocycles. The Morgan fingerprint density at radius 2 is 1.90 bits per heavy atom. The number of carboxylic acids is 1. The SMILES string of the molecule is C[C@@H](O)[C@H](NC(=O)c1cc(F)c([N+](=O)[O-])cc1F)C(=O)O. The van der Waals surface area contributed by atoms with Gasteiger partial charge in [-0.3, -0.25) is 14.9 Å². The van der Waals surface area contributed by atoms with Crippen molar-refractivity contribution in [3.05, 3.63) is 39.4 Å². The van der Waals surface area contributed by atoms with Crippen LogP contribution in [0.25, 0.3) is 0 Å². The molecule has 1 amide bonds. The molecular formula is C11H10F2N2O6.